The van der Waals surface area contributed by atoms with E-state index in [-0.39, 0.29) is 35.6 Å². The second kappa shape index (κ2) is 9.62. The smallest absolute Gasteiger partial charge is 0.417 e. The highest BCUT2D eigenvalue weighted by Gasteiger charge is 2.57. The first-order valence-corrected chi connectivity index (χ1v) is 13.3. The normalized spacial score (nSPS) is 28.8. The fourth-order valence-electron chi connectivity index (χ4n) is 7.12. The lowest BCUT2D eigenvalue weighted by molar-refractivity contribution is -0.139. The molecular formula is C28H32F3N3O6. The number of ketones is 2. The number of aromatic hydroxyl groups is 1. The average Bonchev–Trinajstić information content (AvgIpc) is 3.37. The van der Waals surface area contributed by atoms with Crippen molar-refractivity contribution < 1.29 is 42.9 Å². The van der Waals surface area contributed by atoms with Crippen molar-refractivity contribution in [2.45, 2.75) is 63.8 Å². The van der Waals surface area contributed by atoms with E-state index in [4.69, 9.17) is 5.73 Å². The second-order valence-electron chi connectivity index (χ2n) is 11.5. The maximum Gasteiger partial charge on any atom is 0.417 e. The summed E-state index contributed by atoms with van der Waals surface area (Å²) < 4.78 is 43.8. The van der Waals surface area contributed by atoms with Crippen molar-refractivity contribution in [3.05, 3.63) is 45.2 Å². The van der Waals surface area contributed by atoms with Crippen molar-refractivity contribution in [3.63, 3.8) is 0 Å². The number of halogens is 3. The molecular weight excluding hydrogens is 531 g/mol. The molecule has 1 saturated carbocycles. The molecule has 1 aliphatic heterocycles. The van der Waals surface area contributed by atoms with Gasteiger partial charge in [-0.1, -0.05) is 0 Å². The number of fused-ring (bicyclic) bond motifs is 3. The first-order chi connectivity index (χ1) is 18.7. The lowest BCUT2D eigenvalue weighted by Gasteiger charge is -2.47. The minimum Gasteiger partial charge on any atom is -0.510 e. The zero-order chi connectivity index (χ0) is 29.4. The molecule has 0 aromatic heterocycles. The molecule has 1 heterocycles. The largest absolute Gasteiger partial charge is 0.510 e. The molecule has 3 aliphatic carbocycles. The summed E-state index contributed by atoms with van der Waals surface area (Å²) in [4.78, 5) is 41.1. The lowest BCUT2D eigenvalue weighted by Crippen LogP contribution is -2.57. The molecule has 12 heteroatoms. The van der Waals surface area contributed by atoms with Gasteiger partial charge in [0.25, 0.3) is 5.91 Å². The predicted molar refractivity (Wildman–Crippen MR) is 137 cm³/mol. The van der Waals surface area contributed by atoms with Crippen LogP contribution in [0.5, 0.6) is 5.75 Å². The zero-order valence-corrected chi connectivity index (χ0v) is 22.3. The summed E-state index contributed by atoms with van der Waals surface area (Å²) in [6.45, 7) is 4.13. The fraction of sp³-hybridized carbons (Fsp3) is 0.536. The Hall–Kier alpha value is -3.38. The third-order valence-electron chi connectivity index (χ3n) is 9.01. The van der Waals surface area contributed by atoms with E-state index in [9.17, 15) is 42.9 Å². The number of likely N-dealkylation sites (N-methyl/N-ethyl adjacent to an activating group) is 1. The number of nitrogens with zero attached hydrogens (tertiary/aromatic N) is 1. The number of aliphatic hydroxyl groups is 2. The van der Waals surface area contributed by atoms with Crippen molar-refractivity contribution in [2.75, 3.05) is 13.6 Å². The number of nitrogens with one attached hydrogen (secondary N) is 1. The summed E-state index contributed by atoms with van der Waals surface area (Å²) in [7, 11) is 1.64. The number of nitrogens with two attached hydrogens (primary N) is 1. The maximum atomic E-state index is 14.6. The van der Waals surface area contributed by atoms with Crippen molar-refractivity contribution in [2.24, 2.45) is 23.5 Å². The Morgan fingerprint density at radius 2 is 1.85 bits per heavy atom. The van der Waals surface area contributed by atoms with Crippen molar-refractivity contribution in [3.8, 4) is 5.75 Å². The Labute approximate surface area is 228 Å². The molecule has 0 bridgehead atoms. The van der Waals surface area contributed by atoms with Crippen molar-refractivity contribution in [1.29, 1.82) is 0 Å². The topological polar surface area (TPSA) is 153 Å². The molecule has 4 aliphatic rings. The molecule has 5 rings (SSSR count). The maximum absolute atomic E-state index is 14.6. The molecule has 1 aromatic rings. The van der Waals surface area contributed by atoms with E-state index >= 15 is 0 Å². The number of rotatable bonds is 4. The number of alkyl halides is 3. The van der Waals surface area contributed by atoms with Gasteiger partial charge < -0.3 is 26.4 Å². The number of hydrogen-bond acceptors (Lipinski definition) is 8. The van der Waals surface area contributed by atoms with E-state index in [2.05, 4.69) is 5.32 Å². The van der Waals surface area contributed by atoms with E-state index in [0.29, 0.717) is 19.4 Å². The van der Waals surface area contributed by atoms with Crippen molar-refractivity contribution >= 4 is 23.2 Å². The highest BCUT2D eigenvalue weighted by atomic mass is 19.4. The van der Waals surface area contributed by atoms with Crippen LogP contribution in [0.2, 0.25) is 0 Å². The molecule has 2 unspecified atom stereocenters. The van der Waals surface area contributed by atoms with Crippen LogP contribution in [0.4, 0.5) is 13.2 Å². The molecule has 2 fully saturated rings. The Kier molecular flexibility index (Phi) is 6.77. The van der Waals surface area contributed by atoms with E-state index in [1.165, 1.54) is 0 Å². The minimum atomic E-state index is -4.81. The van der Waals surface area contributed by atoms with Crippen LogP contribution in [-0.2, 0) is 27.0 Å². The number of aliphatic hydroxyl groups excluding tert-OH is 2. The number of phenols is 1. The number of benzene rings is 1. The first-order valence-electron chi connectivity index (χ1n) is 13.3. The fourth-order valence-corrected chi connectivity index (χ4v) is 7.12. The molecule has 1 aromatic carbocycles. The van der Waals surface area contributed by atoms with Gasteiger partial charge in [-0.25, -0.2) is 0 Å². The van der Waals surface area contributed by atoms with Crippen LogP contribution in [0.25, 0.3) is 5.76 Å². The number of carbonyl (C=O) groups excluding carboxylic acids is 3. The van der Waals surface area contributed by atoms with Gasteiger partial charge in [0.05, 0.1) is 23.1 Å². The number of amides is 1. The molecule has 40 heavy (non-hydrogen) atoms. The zero-order valence-electron chi connectivity index (χ0n) is 22.3. The van der Waals surface area contributed by atoms with Gasteiger partial charge in [-0.15, -0.1) is 0 Å². The molecule has 1 saturated heterocycles. The molecule has 1 amide bonds. The number of allylic oxidation sites excluding steroid dienone is 1. The summed E-state index contributed by atoms with van der Waals surface area (Å²) in [5, 5.41) is 36.2. The third-order valence-corrected chi connectivity index (χ3v) is 9.01. The van der Waals surface area contributed by atoms with Gasteiger partial charge in [-0.2, -0.15) is 13.2 Å². The molecule has 6 N–H and O–H groups in total. The summed E-state index contributed by atoms with van der Waals surface area (Å²) in [5.74, 6) is -8.29. The predicted octanol–water partition coefficient (Wildman–Crippen LogP) is 3.07. The van der Waals surface area contributed by atoms with Crippen LogP contribution in [0.15, 0.2) is 23.0 Å². The summed E-state index contributed by atoms with van der Waals surface area (Å²) in [6, 6.07) is -0.836. The Morgan fingerprint density at radius 3 is 2.40 bits per heavy atom. The third kappa shape index (κ3) is 4.11. The van der Waals surface area contributed by atoms with Gasteiger partial charge in [0, 0.05) is 17.7 Å². The SMILES string of the molecule is CC(C)N(C)[C@@H]1C(O)=C(C(N)=O)C(=O)C2C(=O)C3=C(O)c4c(O)cc(C5CCCN5)c(C(F)(F)F)c4C[C@H]3C[C@H]21. The lowest BCUT2D eigenvalue weighted by atomic mass is 9.59. The monoisotopic (exact) mass is 563 g/mol. The minimum absolute atomic E-state index is 0.0250. The van der Waals surface area contributed by atoms with Crippen LogP contribution in [0.3, 0.4) is 0 Å². The first kappa shape index (κ1) is 28.2. The number of phenolic OH excluding ortho intramolecular Hbond substituents is 1. The van der Waals surface area contributed by atoms with Crippen LogP contribution < -0.4 is 11.1 Å². The summed E-state index contributed by atoms with van der Waals surface area (Å²) >= 11 is 0. The quantitative estimate of drug-likeness (QED) is 0.277. The Morgan fingerprint density at radius 1 is 1.18 bits per heavy atom. The van der Waals surface area contributed by atoms with Crippen LogP contribution in [-0.4, -0.2) is 63.4 Å². The summed E-state index contributed by atoms with van der Waals surface area (Å²) in [6.07, 6.45) is -4.04. The number of hydrogen-bond donors (Lipinski definition) is 5. The van der Waals surface area contributed by atoms with E-state index in [1.807, 2.05) is 0 Å². The highest BCUT2D eigenvalue weighted by molar-refractivity contribution is 6.28. The highest BCUT2D eigenvalue weighted by Crippen LogP contribution is 2.53. The standard InChI is InChI=1S/C28H32F3N3O6/c1-10(2)34(3)22-14-8-11-7-13-18(16(35)9-12(15-5-4-6-33-15)21(13)28(29,30)31)23(36)17(11)24(37)19(14)25(38)20(26(22)39)27(32)40/h9-11,14-15,19,22,33,35-36,39H,4-8H2,1-3H3,(H2,32,40)/t11-,14+,15?,19?,22-/m0/s1. The Bertz CT molecular complexity index is 1380. The van der Waals surface area contributed by atoms with E-state index in [0.717, 1.165) is 6.07 Å². The van der Waals surface area contributed by atoms with Crippen LogP contribution in [0.1, 0.15) is 61.4 Å². The average molecular weight is 564 g/mol. The number of primary amides is 1. The molecule has 0 spiro atoms. The number of carbonyl (C=O) groups is 3. The molecule has 216 valence electrons. The van der Waals surface area contributed by atoms with E-state index < -0.39 is 87.5 Å². The molecule has 9 nitrogen and oxygen atoms in total. The summed E-state index contributed by atoms with van der Waals surface area (Å²) in [5.41, 5.74) is 2.61. The van der Waals surface area contributed by atoms with E-state index in [1.54, 1.807) is 25.8 Å². The second-order valence-corrected chi connectivity index (χ2v) is 11.5. The van der Waals surface area contributed by atoms with Gasteiger partial charge >= 0.3 is 6.18 Å². The Balaban J connectivity index is 1.70. The van der Waals surface area contributed by atoms with Gasteiger partial charge in [-0.3, -0.25) is 19.3 Å². The van der Waals surface area contributed by atoms with Gasteiger partial charge in [0.1, 0.15) is 22.8 Å². The van der Waals surface area contributed by atoms with Gasteiger partial charge in [-0.05, 0) is 82.2 Å². The van der Waals surface area contributed by atoms with Gasteiger partial charge in [0.15, 0.2) is 11.6 Å². The van der Waals surface area contributed by atoms with Crippen LogP contribution >= 0.6 is 0 Å². The van der Waals surface area contributed by atoms with Crippen LogP contribution in [0, 0.1) is 17.8 Å². The van der Waals surface area contributed by atoms with Gasteiger partial charge in [0.2, 0.25) is 0 Å². The molecule has 0 radical (unpaired) electrons. The molecule has 5 atom stereocenters. The van der Waals surface area contributed by atoms with Crippen molar-refractivity contribution in [1.82, 2.24) is 10.2 Å². The number of Topliss-reactive ketones (excluding diaryl/α,β-unsaturated/α-hetero) is 2.